The third kappa shape index (κ3) is 5.34. The first-order valence-electron chi connectivity index (χ1n) is 8.99. The zero-order chi connectivity index (χ0) is 20.1. The molecular weight excluding hydrogens is 450 g/mol. The van der Waals surface area contributed by atoms with Gasteiger partial charge in [0.2, 0.25) is 0 Å². The Morgan fingerprint density at radius 1 is 1.10 bits per heavy atom. The molecular formula is C22H18BrN3O2S. The summed E-state index contributed by atoms with van der Waals surface area (Å²) in [5.41, 5.74) is 2.79. The van der Waals surface area contributed by atoms with Crippen LogP contribution in [-0.4, -0.2) is 15.7 Å². The molecule has 29 heavy (non-hydrogen) atoms. The number of carbonyl (C=O) groups is 1. The highest BCUT2D eigenvalue weighted by molar-refractivity contribution is 9.10. The van der Waals surface area contributed by atoms with Gasteiger partial charge in [0.15, 0.2) is 0 Å². The summed E-state index contributed by atoms with van der Waals surface area (Å²) < 4.78 is 8.51. The Hall–Kier alpha value is -2.90. The van der Waals surface area contributed by atoms with Crippen LogP contribution in [0.4, 0.5) is 5.69 Å². The second-order valence-corrected chi connectivity index (χ2v) is 8.26. The Morgan fingerprint density at radius 2 is 1.97 bits per heavy atom. The van der Waals surface area contributed by atoms with Crippen molar-refractivity contribution in [1.82, 2.24) is 9.78 Å². The van der Waals surface area contributed by atoms with E-state index in [0.717, 1.165) is 27.0 Å². The predicted octanol–water partition coefficient (Wildman–Crippen LogP) is 5.59. The lowest BCUT2D eigenvalue weighted by Gasteiger charge is -2.07. The molecule has 0 saturated heterocycles. The van der Waals surface area contributed by atoms with Gasteiger partial charge >= 0.3 is 0 Å². The van der Waals surface area contributed by atoms with Crippen LogP contribution >= 0.6 is 27.3 Å². The number of hydrogen-bond acceptors (Lipinski definition) is 4. The second kappa shape index (κ2) is 9.07. The number of hydrogen-bond donors (Lipinski definition) is 1. The molecule has 0 aliphatic heterocycles. The average Bonchev–Trinajstić information content (AvgIpc) is 3.36. The van der Waals surface area contributed by atoms with Crippen molar-refractivity contribution in [2.45, 2.75) is 13.2 Å². The number of rotatable bonds is 7. The minimum absolute atomic E-state index is 0.125. The molecule has 2 aromatic carbocycles. The van der Waals surface area contributed by atoms with E-state index in [-0.39, 0.29) is 5.91 Å². The minimum Gasteiger partial charge on any atom is -0.489 e. The van der Waals surface area contributed by atoms with E-state index in [1.165, 1.54) is 11.3 Å². The molecule has 0 fully saturated rings. The van der Waals surface area contributed by atoms with Gasteiger partial charge in [0.1, 0.15) is 12.4 Å². The van der Waals surface area contributed by atoms with Crippen LogP contribution in [0.2, 0.25) is 0 Å². The van der Waals surface area contributed by atoms with Crippen molar-refractivity contribution in [3.8, 4) is 5.75 Å². The van der Waals surface area contributed by atoms with Crippen LogP contribution in [0.15, 0.2) is 82.9 Å². The van der Waals surface area contributed by atoms with E-state index in [2.05, 4.69) is 26.3 Å². The summed E-state index contributed by atoms with van der Waals surface area (Å²) >= 11 is 4.81. The molecule has 1 N–H and O–H groups in total. The Labute approximate surface area is 181 Å². The Bertz CT molecular complexity index is 1110. The lowest BCUT2D eigenvalue weighted by Crippen LogP contribution is -2.10. The average molecular weight is 468 g/mol. The largest absolute Gasteiger partial charge is 0.489 e. The zero-order valence-corrected chi connectivity index (χ0v) is 17.8. The van der Waals surface area contributed by atoms with Gasteiger partial charge in [-0.2, -0.15) is 5.10 Å². The first kappa shape index (κ1) is 19.4. The summed E-state index contributed by atoms with van der Waals surface area (Å²) in [5.74, 6) is 0.686. The van der Waals surface area contributed by atoms with Gasteiger partial charge in [-0.3, -0.25) is 9.48 Å². The maximum atomic E-state index is 12.6. The molecule has 0 unspecified atom stereocenters. The highest BCUT2D eigenvalue weighted by atomic mass is 79.9. The number of nitrogens with one attached hydrogen (secondary N) is 1. The minimum atomic E-state index is -0.125. The van der Waals surface area contributed by atoms with Crippen LogP contribution in [-0.2, 0) is 13.2 Å². The molecule has 4 aromatic rings. The summed E-state index contributed by atoms with van der Waals surface area (Å²) in [5, 5.41) is 9.18. The fourth-order valence-corrected chi connectivity index (χ4v) is 3.93. The highest BCUT2D eigenvalue weighted by Crippen LogP contribution is 2.20. The lowest BCUT2D eigenvalue weighted by molar-refractivity contribution is 0.103. The number of amides is 1. The number of benzene rings is 2. The molecule has 2 heterocycles. The van der Waals surface area contributed by atoms with Gasteiger partial charge in [-0.1, -0.05) is 30.3 Å². The van der Waals surface area contributed by atoms with Crippen LogP contribution in [0.3, 0.4) is 0 Å². The molecule has 0 aliphatic rings. The number of halogens is 1. The fraction of sp³-hybridized carbons (Fsp3) is 0.0909. The molecule has 0 saturated carbocycles. The molecule has 7 heteroatoms. The van der Waals surface area contributed by atoms with Gasteiger partial charge in [0, 0.05) is 17.4 Å². The summed E-state index contributed by atoms with van der Waals surface area (Å²) in [7, 11) is 0. The van der Waals surface area contributed by atoms with Gasteiger partial charge in [-0.15, -0.1) is 11.3 Å². The SMILES string of the molecule is O=C(Nc1cccc(Cn2cc(Br)cn2)c1)c1cc(COc2ccccc2)cs1. The maximum Gasteiger partial charge on any atom is 0.265 e. The molecule has 0 spiro atoms. The van der Waals surface area contributed by atoms with E-state index in [1.807, 2.05) is 76.9 Å². The molecule has 0 atom stereocenters. The summed E-state index contributed by atoms with van der Waals surface area (Å²) in [6, 6.07) is 19.3. The third-order valence-corrected chi connectivity index (χ3v) is 5.54. The van der Waals surface area contributed by atoms with Crippen molar-refractivity contribution >= 4 is 38.9 Å². The maximum absolute atomic E-state index is 12.6. The monoisotopic (exact) mass is 467 g/mol. The standard InChI is InChI=1S/C22H18BrN3O2S/c23-18-11-24-26(13-18)12-16-5-4-6-19(9-16)25-22(27)21-10-17(15-29-21)14-28-20-7-2-1-3-8-20/h1-11,13,15H,12,14H2,(H,25,27). The van der Waals surface area contributed by atoms with Crippen LogP contribution in [0, 0.1) is 0 Å². The summed E-state index contributed by atoms with van der Waals surface area (Å²) in [4.78, 5) is 13.3. The first-order chi connectivity index (χ1) is 14.2. The van der Waals surface area contributed by atoms with E-state index >= 15 is 0 Å². The number of ether oxygens (including phenoxy) is 1. The molecule has 146 valence electrons. The predicted molar refractivity (Wildman–Crippen MR) is 119 cm³/mol. The van der Waals surface area contributed by atoms with Gasteiger partial charge in [0.05, 0.1) is 22.1 Å². The van der Waals surface area contributed by atoms with Crippen molar-refractivity contribution < 1.29 is 9.53 Å². The number of aromatic nitrogens is 2. The summed E-state index contributed by atoms with van der Waals surface area (Å²) in [6.07, 6.45) is 3.66. The Kier molecular flexibility index (Phi) is 6.07. The number of nitrogens with zero attached hydrogens (tertiary/aromatic N) is 2. The quantitative estimate of drug-likeness (QED) is 0.385. The van der Waals surface area contributed by atoms with E-state index in [1.54, 1.807) is 6.20 Å². The van der Waals surface area contributed by atoms with Crippen LogP contribution in [0.5, 0.6) is 5.75 Å². The summed E-state index contributed by atoms with van der Waals surface area (Å²) in [6.45, 7) is 1.07. The van der Waals surface area contributed by atoms with E-state index in [9.17, 15) is 4.79 Å². The first-order valence-corrected chi connectivity index (χ1v) is 10.7. The van der Waals surface area contributed by atoms with Crippen molar-refractivity contribution in [3.05, 3.63) is 98.9 Å². The smallest absolute Gasteiger partial charge is 0.265 e. The van der Waals surface area contributed by atoms with Crippen molar-refractivity contribution in [3.63, 3.8) is 0 Å². The van der Waals surface area contributed by atoms with Gasteiger partial charge in [-0.25, -0.2) is 0 Å². The third-order valence-electron chi connectivity index (χ3n) is 4.16. The normalized spacial score (nSPS) is 10.7. The molecule has 0 radical (unpaired) electrons. The van der Waals surface area contributed by atoms with Crippen molar-refractivity contribution in [2.75, 3.05) is 5.32 Å². The number of thiophene rings is 1. The molecule has 5 nitrogen and oxygen atoms in total. The van der Waals surface area contributed by atoms with E-state index in [4.69, 9.17) is 4.74 Å². The van der Waals surface area contributed by atoms with Crippen molar-refractivity contribution in [2.24, 2.45) is 0 Å². The van der Waals surface area contributed by atoms with Crippen molar-refractivity contribution in [1.29, 1.82) is 0 Å². The van der Waals surface area contributed by atoms with Crippen LogP contribution < -0.4 is 10.1 Å². The fourth-order valence-electron chi connectivity index (χ4n) is 2.81. The Balaban J connectivity index is 1.37. The highest BCUT2D eigenvalue weighted by Gasteiger charge is 2.10. The molecule has 1 amide bonds. The van der Waals surface area contributed by atoms with E-state index < -0.39 is 0 Å². The molecule has 4 rings (SSSR count). The van der Waals surface area contributed by atoms with Crippen LogP contribution in [0.1, 0.15) is 20.8 Å². The Morgan fingerprint density at radius 3 is 2.76 bits per heavy atom. The van der Waals surface area contributed by atoms with E-state index in [0.29, 0.717) is 18.0 Å². The topological polar surface area (TPSA) is 56.2 Å². The number of anilines is 1. The lowest BCUT2D eigenvalue weighted by atomic mass is 10.2. The number of para-hydroxylation sites is 1. The number of carbonyl (C=O) groups excluding carboxylic acids is 1. The second-order valence-electron chi connectivity index (χ2n) is 6.43. The molecule has 2 aromatic heterocycles. The van der Waals surface area contributed by atoms with Gasteiger partial charge in [0.25, 0.3) is 5.91 Å². The van der Waals surface area contributed by atoms with Gasteiger partial charge < -0.3 is 10.1 Å². The van der Waals surface area contributed by atoms with Crippen LogP contribution in [0.25, 0.3) is 0 Å². The molecule has 0 aliphatic carbocycles. The van der Waals surface area contributed by atoms with Gasteiger partial charge in [-0.05, 0) is 57.2 Å². The zero-order valence-electron chi connectivity index (χ0n) is 15.4. The molecule has 0 bridgehead atoms.